The van der Waals surface area contributed by atoms with E-state index in [4.69, 9.17) is 0 Å². The van der Waals surface area contributed by atoms with Crippen LogP contribution in [0.25, 0.3) is 0 Å². The standard InChI is InChI=1S/C21H24F2N2O2S/c1-14(2)25(17-8-5-15(6-9-17)11-20(26)24(3)4)21(27)13-28-19-10-7-16(22)12-18(19)23/h5-10,12,14H,11,13H2,1-4H3. The number of carbonyl (C=O) groups excluding carboxylic acids is 2. The van der Waals surface area contributed by atoms with Crippen molar-refractivity contribution in [2.75, 3.05) is 24.7 Å². The highest BCUT2D eigenvalue weighted by atomic mass is 32.2. The first-order valence-corrected chi connectivity index (χ1v) is 9.86. The maximum Gasteiger partial charge on any atom is 0.237 e. The average Bonchev–Trinajstić information content (AvgIpc) is 2.62. The van der Waals surface area contributed by atoms with Crippen molar-refractivity contribution in [1.82, 2.24) is 4.90 Å². The molecule has 0 atom stereocenters. The van der Waals surface area contributed by atoms with Crippen LogP contribution in [-0.2, 0) is 16.0 Å². The van der Waals surface area contributed by atoms with Crippen molar-refractivity contribution in [2.24, 2.45) is 0 Å². The molecule has 0 saturated carbocycles. The first-order valence-electron chi connectivity index (χ1n) is 8.88. The number of hydrogen-bond acceptors (Lipinski definition) is 3. The zero-order chi connectivity index (χ0) is 20.8. The van der Waals surface area contributed by atoms with E-state index in [1.54, 1.807) is 31.1 Å². The van der Waals surface area contributed by atoms with Gasteiger partial charge in [-0.25, -0.2) is 8.78 Å². The van der Waals surface area contributed by atoms with Crippen LogP contribution in [-0.4, -0.2) is 42.6 Å². The first kappa shape index (κ1) is 21.9. The number of carbonyl (C=O) groups is 2. The minimum Gasteiger partial charge on any atom is -0.349 e. The van der Waals surface area contributed by atoms with Gasteiger partial charge in [0.1, 0.15) is 11.6 Å². The molecule has 0 aliphatic rings. The summed E-state index contributed by atoms with van der Waals surface area (Å²) in [7, 11) is 3.41. The minimum absolute atomic E-state index is 0.00210. The van der Waals surface area contributed by atoms with Crippen LogP contribution in [0.5, 0.6) is 0 Å². The lowest BCUT2D eigenvalue weighted by Gasteiger charge is -2.27. The molecule has 0 aliphatic carbocycles. The molecule has 0 radical (unpaired) electrons. The van der Waals surface area contributed by atoms with Crippen molar-refractivity contribution in [3.63, 3.8) is 0 Å². The van der Waals surface area contributed by atoms with Crippen LogP contribution in [0, 0.1) is 11.6 Å². The summed E-state index contributed by atoms with van der Waals surface area (Å²) in [5, 5.41) is 0. The molecule has 0 unspecified atom stereocenters. The number of anilines is 1. The second-order valence-electron chi connectivity index (χ2n) is 6.85. The van der Waals surface area contributed by atoms with Crippen LogP contribution in [0.1, 0.15) is 19.4 Å². The van der Waals surface area contributed by atoms with Crippen LogP contribution in [0.2, 0.25) is 0 Å². The molecule has 0 N–H and O–H groups in total. The van der Waals surface area contributed by atoms with Crippen LogP contribution < -0.4 is 4.90 Å². The Kier molecular flexibility index (Phi) is 7.57. The van der Waals surface area contributed by atoms with E-state index in [0.29, 0.717) is 12.1 Å². The summed E-state index contributed by atoms with van der Waals surface area (Å²) in [5.74, 6) is -1.47. The normalized spacial score (nSPS) is 10.8. The second kappa shape index (κ2) is 9.68. The Labute approximate surface area is 168 Å². The highest BCUT2D eigenvalue weighted by Gasteiger charge is 2.20. The molecule has 0 fully saturated rings. The fourth-order valence-corrected chi connectivity index (χ4v) is 3.42. The number of benzene rings is 2. The van der Waals surface area contributed by atoms with Crippen molar-refractivity contribution in [1.29, 1.82) is 0 Å². The van der Waals surface area contributed by atoms with Crippen molar-refractivity contribution in [3.8, 4) is 0 Å². The van der Waals surface area contributed by atoms with Gasteiger partial charge in [0.05, 0.1) is 12.2 Å². The van der Waals surface area contributed by atoms with Crippen LogP contribution in [0.15, 0.2) is 47.4 Å². The van der Waals surface area contributed by atoms with E-state index in [9.17, 15) is 18.4 Å². The molecule has 0 spiro atoms. The lowest BCUT2D eigenvalue weighted by Crippen LogP contribution is -2.38. The monoisotopic (exact) mass is 406 g/mol. The van der Waals surface area contributed by atoms with Gasteiger partial charge in [-0.2, -0.15) is 0 Å². The molecule has 2 aromatic carbocycles. The Hall–Kier alpha value is -2.41. The van der Waals surface area contributed by atoms with Gasteiger partial charge in [-0.15, -0.1) is 11.8 Å². The third-order valence-corrected chi connectivity index (χ3v) is 5.13. The summed E-state index contributed by atoms with van der Waals surface area (Å²) in [6.45, 7) is 3.79. The molecule has 0 aliphatic heterocycles. The minimum atomic E-state index is -0.677. The maximum absolute atomic E-state index is 13.8. The van der Waals surface area contributed by atoms with Crippen LogP contribution >= 0.6 is 11.8 Å². The maximum atomic E-state index is 13.8. The molecule has 28 heavy (non-hydrogen) atoms. The van der Waals surface area contributed by atoms with Gasteiger partial charge in [0.15, 0.2) is 0 Å². The third kappa shape index (κ3) is 5.79. The molecule has 7 heteroatoms. The topological polar surface area (TPSA) is 40.6 Å². The zero-order valence-corrected chi connectivity index (χ0v) is 17.2. The molecule has 0 heterocycles. The van der Waals surface area contributed by atoms with Crippen molar-refractivity contribution in [2.45, 2.75) is 31.2 Å². The molecular weight excluding hydrogens is 382 g/mol. The molecule has 4 nitrogen and oxygen atoms in total. The predicted octanol–water partition coefficient (Wildman–Crippen LogP) is 4.13. The molecule has 0 saturated heterocycles. The van der Waals surface area contributed by atoms with Crippen molar-refractivity contribution < 1.29 is 18.4 Å². The van der Waals surface area contributed by atoms with Gasteiger partial charge >= 0.3 is 0 Å². The summed E-state index contributed by atoms with van der Waals surface area (Å²) in [5.41, 5.74) is 1.57. The highest BCUT2D eigenvalue weighted by Crippen LogP contribution is 2.25. The third-order valence-electron chi connectivity index (χ3n) is 4.10. The van der Waals surface area contributed by atoms with E-state index in [-0.39, 0.29) is 28.5 Å². The Morgan fingerprint density at radius 3 is 2.18 bits per heavy atom. The van der Waals surface area contributed by atoms with Gasteiger partial charge in [0.25, 0.3) is 0 Å². The van der Waals surface area contributed by atoms with Gasteiger partial charge in [-0.05, 0) is 43.7 Å². The molecule has 0 aromatic heterocycles. The van der Waals surface area contributed by atoms with Crippen LogP contribution in [0.4, 0.5) is 14.5 Å². The Balaban J connectivity index is 2.09. The number of nitrogens with zero attached hydrogens (tertiary/aromatic N) is 2. The van der Waals surface area contributed by atoms with E-state index >= 15 is 0 Å². The number of rotatable bonds is 7. The highest BCUT2D eigenvalue weighted by molar-refractivity contribution is 8.00. The molecule has 2 aromatic rings. The number of amides is 2. The van der Waals surface area contributed by atoms with Crippen molar-refractivity contribution in [3.05, 3.63) is 59.7 Å². The molecule has 0 bridgehead atoms. The summed E-state index contributed by atoms with van der Waals surface area (Å²) in [6.07, 6.45) is 0.294. The summed E-state index contributed by atoms with van der Waals surface area (Å²) >= 11 is 1.04. The largest absolute Gasteiger partial charge is 0.349 e. The first-order chi connectivity index (χ1) is 13.2. The van der Waals surface area contributed by atoms with Gasteiger partial charge < -0.3 is 9.80 Å². The summed E-state index contributed by atoms with van der Waals surface area (Å²) in [4.78, 5) is 28.0. The van der Waals surface area contributed by atoms with E-state index in [1.165, 1.54) is 17.0 Å². The van der Waals surface area contributed by atoms with Gasteiger partial charge in [-0.1, -0.05) is 12.1 Å². The SMILES string of the molecule is CC(C)N(C(=O)CSc1ccc(F)cc1F)c1ccc(CC(=O)N(C)C)cc1. The Morgan fingerprint density at radius 2 is 1.64 bits per heavy atom. The lowest BCUT2D eigenvalue weighted by atomic mass is 10.1. The molecule has 150 valence electrons. The van der Waals surface area contributed by atoms with E-state index in [1.807, 2.05) is 26.0 Å². The number of likely N-dealkylation sites (N-methyl/N-ethyl adjacent to an activating group) is 1. The number of hydrogen-bond donors (Lipinski definition) is 0. The number of thioether (sulfide) groups is 1. The summed E-state index contributed by atoms with van der Waals surface area (Å²) < 4.78 is 26.8. The van der Waals surface area contributed by atoms with E-state index < -0.39 is 11.6 Å². The van der Waals surface area contributed by atoms with E-state index in [2.05, 4.69) is 0 Å². The number of halogens is 2. The Morgan fingerprint density at radius 1 is 1.00 bits per heavy atom. The van der Waals surface area contributed by atoms with Gasteiger partial charge in [0.2, 0.25) is 11.8 Å². The molecule has 2 amide bonds. The smallest absolute Gasteiger partial charge is 0.237 e. The van der Waals surface area contributed by atoms with Crippen LogP contribution in [0.3, 0.4) is 0 Å². The predicted molar refractivity (Wildman–Crippen MR) is 109 cm³/mol. The zero-order valence-electron chi connectivity index (χ0n) is 16.4. The second-order valence-corrected chi connectivity index (χ2v) is 7.87. The van der Waals surface area contributed by atoms with Crippen molar-refractivity contribution >= 4 is 29.3 Å². The quantitative estimate of drug-likeness (QED) is 0.649. The fraction of sp³-hybridized carbons (Fsp3) is 0.333. The van der Waals surface area contributed by atoms with Gasteiger partial charge in [-0.3, -0.25) is 9.59 Å². The average molecular weight is 406 g/mol. The van der Waals surface area contributed by atoms with E-state index in [0.717, 1.165) is 23.4 Å². The Bertz CT molecular complexity index is 839. The van der Waals surface area contributed by atoms with Gasteiger partial charge in [0, 0.05) is 36.8 Å². The molecular formula is C21H24F2N2O2S. The lowest BCUT2D eigenvalue weighted by molar-refractivity contribution is -0.128. The fourth-order valence-electron chi connectivity index (χ4n) is 2.64. The molecule has 2 rings (SSSR count). The summed E-state index contributed by atoms with van der Waals surface area (Å²) in [6, 6.07) is 10.5.